The van der Waals surface area contributed by atoms with Gasteiger partial charge in [-0.1, -0.05) is 50.6 Å². The van der Waals surface area contributed by atoms with Crippen molar-refractivity contribution in [3.05, 3.63) is 35.4 Å². The Morgan fingerprint density at radius 1 is 1.30 bits per heavy atom. The first kappa shape index (κ1) is 16.7. The van der Waals surface area contributed by atoms with Crippen LogP contribution < -0.4 is 0 Å². The first-order chi connectivity index (χ1) is 10.9. The Kier molecular flexibility index (Phi) is 4.39. The standard InChI is InChI=1S/C21H31NO/c1-6-18(23)20-17-11-12-21(4,13-22(17)5)15(3)19(20)16-9-7-14(2)8-10-16/h7-10,15,17,19-20H,6,11-13H2,1-5H3/t15-,17?,19-,20+,21?/m0/s1. The fourth-order valence-electron chi connectivity index (χ4n) is 5.21. The Morgan fingerprint density at radius 2 is 1.96 bits per heavy atom. The maximum Gasteiger partial charge on any atom is 0.137 e. The largest absolute Gasteiger partial charge is 0.302 e. The number of hydrogen-bond donors (Lipinski definition) is 0. The molecule has 2 heterocycles. The van der Waals surface area contributed by atoms with Crippen molar-refractivity contribution in [3.63, 3.8) is 0 Å². The monoisotopic (exact) mass is 313 g/mol. The molecule has 0 N–H and O–H groups in total. The van der Waals surface area contributed by atoms with Gasteiger partial charge in [0, 0.05) is 24.9 Å². The molecule has 0 radical (unpaired) electrons. The Labute approximate surface area is 141 Å². The highest BCUT2D eigenvalue weighted by Crippen LogP contribution is 2.54. The van der Waals surface area contributed by atoms with E-state index in [0.29, 0.717) is 35.5 Å². The van der Waals surface area contributed by atoms with Gasteiger partial charge in [-0.3, -0.25) is 4.79 Å². The van der Waals surface area contributed by atoms with E-state index in [9.17, 15) is 4.79 Å². The Hall–Kier alpha value is -1.15. The minimum atomic E-state index is 0.145. The summed E-state index contributed by atoms with van der Waals surface area (Å²) in [7, 11) is 2.22. The molecule has 0 spiro atoms. The van der Waals surface area contributed by atoms with E-state index >= 15 is 0 Å². The molecule has 2 nitrogen and oxygen atoms in total. The minimum absolute atomic E-state index is 0.145. The van der Waals surface area contributed by atoms with Crippen molar-refractivity contribution in [2.75, 3.05) is 13.6 Å². The maximum absolute atomic E-state index is 12.9. The Morgan fingerprint density at radius 3 is 2.52 bits per heavy atom. The van der Waals surface area contributed by atoms with E-state index < -0.39 is 0 Å². The summed E-state index contributed by atoms with van der Waals surface area (Å²) in [5.41, 5.74) is 2.96. The van der Waals surface area contributed by atoms with Crippen molar-refractivity contribution < 1.29 is 4.79 Å². The molecule has 2 bridgehead atoms. The average Bonchev–Trinajstić information content (AvgIpc) is 2.68. The molecule has 126 valence electrons. The zero-order valence-electron chi connectivity index (χ0n) is 15.3. The van der Waals surface area contributed by atoms with Gasteiger partial charge in [0.15, 0.2) is 0 Å². The van der Waals surface area contributed by atoms with Crippen molar-refractivity contribution >= 4 is 5.78 Å². The van der Waals surface area contributed by atoms with E-state index in [1.54, 1.807) is 0 Å². The third-order valence-electron chi connectivity index (χ3n) is 6.81. The van der Waals surface area contributed by atoms with Gasteiger partial charge in [-0.25, -0.2) is 0 Å². The van der Waals surface area contributed by atoms with Crippen LogP contribution in [-0.4, -0.2) is 30.3 Å². The molecule has 23 heavy (non-hydrogen) atoms. The van der Waals surface area contributed by atoms with Gasteiger partial charge in [-0.05, 0) is 49.6 Å². The number of carbonyl (C=O) groups is 1. The van der Waals surface area contributed by atoms with Crippen LogP contribution >= 0.6 is 0 Å². The molecule has 2 unspecified atom stereocenters. The summed E-state index contributed by atoms with van der Waals surface area (Å²) >= 11 is 0. The van der Waals surface area contributed by atoms with Crippen LogP contribution in [0.1, 0.15) is 57.1 Å². The number of nitrogens with zero attached hydrogens (tertiary/aromatic N) is 1. The number of rotatable bonds is 3. The van der Waals surface area contributed by atoms with Crippen LogP contribution in [0, 0.1) is 24.2 Å². The molecule has 4 rings (SSSR count). The second-order valence-electron chi connectivity index (χ2n) is 8.25. The second kappa shape index (κ2) is 6.05. The van der Waals surface area contributed by atoms with Gasteiger partial charge in [0.25, 0.3) is 0 Å². The SMILES string of the molecule is CCC(=O)[C@H]1C2CCC(C)(CN2C)[C@@H](C)[C@H]1c1ccc(C)cc1. The number of hydrogen-bond acceptors (Lipinski definition) is 2. The highest BCUT2D eigenvalue weighted by atomic mass is 16.1. The van der Waals surface area contributed by atoms with Gasteiger partial charge in [0.05, 0.1) is 0 Å². The molecule has 1 aromatic carbocycles. The molecule has 1 aliphatic carbocycles. The third-order valence-corrected chi connectivity index (χ3v) is 6.81. The third kappa shape index (κ3) is 2.76. The zero-order chi connectivity index (χ0) is 16.8. The molecule has 3 aliphatic rings. The predicted molar refractivity (Wildman–Crippen MR) is 95.6 cm³/mol. The summed E-state index contributed by atoms with van der Waals surface area (Å²) < 4.78 is 0. The number of Topliss-reactive ketones (excluding diaryl/α,β-unsaturated/α-hetero) is 1. The predicted octanol–water partition coefficient (Wildman–Crippen LogP) is 4.42. The molecule has 1 saturated carbocycles. The molecule has 0 amide bonds. The summed E-state index contributed by atoms with van der Waals surface area (Å²) in [6.45, 7) is 10.1. The number of piperidine rings is 1. The first-order valence-electron chi connectivity index (χ1n) is 9.17. The van der Waals surface area contributed by atoms with E-state index in [1.807, 2.05) is 6.92 Å². The number of carbonyl (C=O) groups excluding carboxylic acids is 1. The van der Waals surface area contributed by atoms with Crippen molar-refractivity contribution in [3.8, 4) is 0 Å². The van der Waals surface area contributed by atoms with Gasteiger partial charge >= 0.3 is 0 Å². The zero-order valence-corrected chi connectivity index (χ0v) is 15.3. The molecule has 2 aliphatic heterocycles. The molecule has 0 aromatic heterocycles. The van der Waals surface area contributed by atoms with Crippen LogP contribution in [0.3, 0.4) is 0 Å². The van der Waals surface area contributed by atoms with Gasteiger partial charge in [-0.2, -0.15) is 0 Å². The number of ketones is 1. The van der Waals surface area contributed by atoms with Gasteiger partial charge in [-0.15, -0.1) is 0 Å². The van der Waals surface area contributed by atoms with E-state index in [1.165, 1.54) is 17.5 Å². The second-order valence-corrected chi connectivity index (χ2v) is 8.25. The summed E-state index contributed by atoms with van der Waals surface area (Å²) in [6, 6.07) is 9.34. The van der Waals surface area contributed by atoms with Crippen LogP contribution in [0.4, 0.5) is 0 Å². The van der Waals surface area contributed by atoms with Crippen LogP contribution in [0.15, 0.2) is 24.3 Å². The summed E-state index contributed by atoms with van der Waals surface area (Å²) in [5.74, 6) is 1.48. The van der Waals surface area contributed by atoms with E-state index in [4.69, 9.17) is 0 Å². The van der Waals surface area contributed by atoms with Crippen LogP contribution in [0.25, 0.3) is 0 Å². The molecule has 1 aromatic rings. The number of benzene rings is 1. The Balaban J connectivity index is 2.11. The summed E-state index contributed by atoms with van der Waals surface area (Å²) in [4.78, 5) is 15.4. The highest BCUT2D eigenvalue weighted by molar-refractivity contribution is 5.82. The van der Waals surface area contributed by atoms with Crippen LogP contribution in [0.5, 0.6) is 0 Å². The summed E-state index contributed by atoms with van der Waals surface area (Å²) in [6.07, 6.45) is 3.07. The fourth-order valence-corrected chi connectivity index (χ4v) is 5.21. The smallest absolute Gasteiger partial charge is 0.137 e. The molecular weight excluding hydrogens is 282 g/mol. The molecule has 2 saturated heterocycles. The molecule has 5 atom stereocenters. The van der Waals surface area contributed by atoms with Gasteiger partial charge < -0.3 is 4.90 Å². The number of fused-ring (bicyclic) bond motifs is 4. The van der Waals surface area contributed by atoms with Crippen molar-refractivity contribution in [2.45, 2.75) is 58.9 Å². The highest BCUT2D eigenvalue weighted by Gasteiger charge is 2.52. The van der Waals surface area contributed by atoms with Crippen molar-refractivity contribution in [1.82, 2.24) is 4.90 Å². The van der Waals surface area contributed by atoms with Gasteiger partial charge in [0.1, 0.15) is 5.78 Å². The lowest BCUT2D eigenvalue weighted by molar-refractivity contribution is -0.125. The lowest BCUT2D eigenvalue weighted by atomic mass is 9.66. The van der Waals surface area contributed by atoms with E-state index in [0.717, 1.165) is 13.0 Å². The molecule has 3 fully saturated rings. The van der Waals surface area contributed by atoms with Crippen LogP contribution in [0.2, 0.25) is 0 Å². The van der Waals surface area contributed by atoms with Crippen LogP contribution in [-0.2, 0) is 4.79 Å². The maximum atomic E-state index is 12.9. The first-order valence-corrected chi connectivity index (χ1v) is 9.17. The lowest BCUT2D eigenvalue weighted by Crippen LogP contribution is -2.47. The fraction of sp³-hybridized carbons (Fsp3) is 0.667. The van der Waals surface area contributed by atoms with Crippen molar-refractivity contribution in [1.29, 1.82) is 0 Å². The Bertz CT molecular complexity index is 578. The topological polar surface area (TPSA) is 20.3 Å². The number of aryl methyl sites for hydroxylation is 1. The van der Waals surface area contributed by atoms with Crippen molar-refractivity contribution in [2.24, 2.45) is 17.3 Å². The molecule has 2 heteroatoms. The average molecular weight is 313 g/mol. The summed E-state index contributed by atoms with van der Waals surface area (Å²) in [5, 5.41) is 0. The minimum Gasteiger partial charge on any atom is -0.302 e. The van der Waals surface area contributed by atoms with E-state index in [2.05, 4.69) is 57.0 Å². The van der Waals surface area contributed by atoms with E-state index in [-0.39, 0.29) is 5.92 Å². The van der Waals surface area contributed by atoms with Gasteiger partial charge in [0.2, 0.25) is 0 Å². The molecular formula is C21H31NO. The normalized spacial score (nSPS) is 37.6. The quantitative estimate of drug-likeness (QED) is 0.823. The lowest BCUT2D eigenvalue weighted by Gasteiger charge is -2.43.